The number of hydrogen-bond donors (Lipinski definition) is 1. The fraction of sp³-hybridized carbons (Fsp3) is 0.125. The highest BCUT2D eigenvalue weighted by Crippen LogP contribution is 2.36. The number of fused-ring (bicyclic) bond motifs is 1. The fourth-order valence-electron chi connectivity index (χ4n) is 2.48. The first-order valence-electron chi connectivity index (χ1n) is 6.15. The molecule has 0 saturated heterocycles. The minimum atomic E-state index is -0.0829. The summed E-state index contributed by atoms with van der Waals surface area (Å²) >= 11 is 5.28. The van der Waals surface area contributed by atoms with Gasteiger partial charge in [-0.25, -0.2) is 0 Å². The molecule has 0 fully saturated rings. The minimum absolute atomic E-state index is 0.0829. The molecule has 1 atom stereocenters. The molecule has 0 radical (unpaired) electrons. The van der Waals surface area contributed by atoms with Crippen molar-refractivity contribution in [1.82, 2.24) is 0 Å². The third-order valence-electron chi connectivity index (χ3n) is 3.43. The van der Waals surface area contributed by atoms with Gasteiger partial charge < -0.3 is 5.73 Å². The van der Waals surface area contributed by atoms with Crippen molar-refractivity contribution in [2.24, 2.45) is 5.73 Å². The van der Waals surface area contributed by atoms with Crippen molar-refractivity contribution in [1.29, 1.82) is 0 Å². The summed E-state index contributed by atoms with van der Waals surface area (Å²) in [5, 5.41) is 4.56. The van der Waals surface area contributed by atoms with Crippen molar-refractivity contribution in [3.63, 3.8) is 0 Å². The SMILES string of the molecule is Cc1ccc2ccccc2c1C(N)c1sccc1Br. The van der Waals surface area contributed by atoms with Crippen LogP contribution in [0.3, 0.4) is 0 Å². The van der Waals surface area contributed by atoms with Gasteiger partial charge >= 0.3 is 0 Å². The number of benzene rings is 2. The maximum absolute atomic E-state index is 6.51. The molecular formula is C16H14BrNS. The first-order chi connectivity index (χ1) is 9.18. The highest BCUT2D eigenvalue weighted by Gasteiger charge is 2.18. The summed E-state index contributed by atoms with van der Waals surface area (Å²) in [6, 6.07) is 14.7. The van der Waals surface area contributed by atoms with Crippen molar-refractivity contribution in [2.45, 2.75) is 13.0 Å². The molecule has 2 aromatic carbocycles. The van der Waals surface area contributed by atoms with Crippen molar-refractivity contribution in [3.8, 4) is 0 Å². The van der Waals surface area contributed by atoms with E-state index in [-0.39, 0.29) is 6.04 Å². The predicted molar refractivity (Wildman–Crippen MR) is 86.7 cm³/mol. The van der Waals surface area contributed by atoms with Crippen LogP contribution in [-0.4, -0.2) is 0 Å². The molecule has 3 rings (SSSR count). The Morgan fingerprint density at radius 3 is 2.63 bits per heavy atom. The number of rotatable bonds is 2. The number of nitrogens with two attached hydrogens (primary N) is 1. The van der Waals surface area contributed by atoms with E-state index in [4.69, 9.17) is 5.73 Å². The Balaban J connectivity index is 2.24. The molecule has 3 aromatic rings. The molecule has 1 nitrogen and oxygen atoms in total. The lowest BCUT2D eigenvalue weighted by Crippen LogP contribution is -2.13. The van der Waals surface area contributed by atoms with Gasteiger partial charge in [0.05, 0.1) is 6.04 Å². The molecule has 19 heavy (non-hydrogen) atoms. The molecule has 0 bridgehead atoms. The largest absolute Gasteiger partial charge is 0.320 e. The lowest BCUT2D eigenvalue weighted by atomic mass is 9.94. The van der Waals surface area contributed by atoms with E-state index < -0.39 is 0 Å². The van der Waals surface area contributed by atoms with E-state index in [1.165, 1.54) is 26.8 Å². The molecule has 2 N–H and O–H groups in total. The Kier molecular flexibility index (Phi) is 3.44. The Morgan fingerprint density at radius 2 is 1.89 bits per heavy atom. The van der Waals surface area contributed by atoms with Crippen LogP contribution in [0.1, 0.15) is 22.0 Å². The zero-order valence-electron chi connectivity index (χ0n) is 10.6. The standard InChI is InChI=1S/C16H14BrNS/c1-10-6-7-11-4-2-3-5-12(11)14(10)15(18)16-13(17)8-9-19-16/h2-9,15H,18H2,1H3. The van der Waals surface area contributed by atoms with Crippen molar-refractivity contribution in [2.75, 3.05) is 0 Å². The molecule has 1 heterocycles. The molecule has 1 aromatic heterocycles. The van der Waals surface area contributed by atoms with E-state index >= 15 is 0 Å². The number of halogens is 1. The lowest BCUT2D eigenvalue weighted by molar-refractivity contribution is 0.888. The summed E-state index contributed by atoms with van der Waals surface area (Å²) in [7, 11) is 0. The van der Waals surface area contributed by atoms with Crippen molar-refractivity contribution < 1.29 is 0 Å². The first kappa shape index (κ1) is 12.9. The quantitative estimate of drug-likeness (QED) is 0.700. The van der Waals surface area contributed by atoms with Gasteiger partial charge in [0, 0.05) is 9.35 Å². The monoisotopic (exact) mass is 331 g/mol. The van der Waals surface area contributed by atoms with Gasteiger partial charge in [0.25, 0.3) is 0 Å². The van der Waals surface area contributed by atoms with Gasteiger partial charge in [-0.1, -0.05) is 36.4 Å². The fourth-order valence-corrected chi connectivity index (χ4v) is 4.11. The zero-order valence-corrected chi connectivity index (χ0v) is 13.0. The van der Waals surface area contributed by atoms with Gasteiger partial charge in [-0.3, -0.25) is 0 Å². The van der Waals surface area contributed by atoms with Gasteiger partial charge in [0.1, 0.15) is 0 Å². The predicted octanol–water partition coefficient (Wildman–Crippen LogP) is 5.02. The molecule has 3 heteroatoms. The maximum Gasteiger partial charge on any atom is 0.0666 e. The van der Waals surface area contributed by atoms with Crippen molar-refractivity contribution >= 4 is 38.0 Å². The Labute approximate surface area is 125 Å². The molecule has 96 valence electrons. The van der Waals surface area contributed by atoms with E-state index in [1.54, 1.807) is 11.3 Å². The summed E-state index contributed by atoms with van der Waals surface area (Å²) in [5.74, 6) is 0. The summed E-state index contributed by atoms with van der Waals surface area (Å²) in [5.41, 5.74) is 8.97. The Hall–Kier alpha value is -1.16. The second kappa shape index (κ2) is 5.08. The number of hydrogen-bond acceptors (Lipinski definition) is 2. The normalized spacial score (nSPS) is 12.8. The van der Waals surface area contributed by atoms with Crippen LogP contribution < -0.4 is 5.73 Å². The van der Waals surface area contributed by atoms with E-state index in [1.807, 2.05) is 0 Å². The van der Waals surface area contributed by atoms with Crippen LogP contribution in [0.4, 0.5) is 0 Å². The minimum Gasteiger partial charge on any atom is -0.320 e. The molecule has 0 aliphatic carbocycles. The van der Waals surface area contributed by atoms with E-state index in [9.17, 15) is 0 Å². The maximum atomic E-state index is 6.51. The van der Waals surface area contributed by atoms with E-state index in [2.05, 4.69) is 70.7 Å². The highest BCUT2D eigenvalue weighted by atomic mass is 79.9. The van der Waals surface area contributed by atoms with Crippen LogP contribution in [0.25, 0.3) is 10.8 Å². The van der Waals surface area contributed by atoms with Crippen LogP contribution in [0.2, 0.25) is 0 Å². The topological polar surface area (TPSA) is 26.0 Å². The average Bonchev–Trinajstić information content (AvgIpc) is 2.84. The summed E-state index contributed by atoms with van der Waals surface area (Å²) in [4.78, 5) is 1.18. The highest BCUT2D eigenvalue weighted by molar-refractivity contribution is 9.10. The van der Waals surface area contributed by atoms with Crippen LogP contribution in [0, 0.1) is 6.92 Å². The summed E-state index contributed by atoms with van der Waals surface area (Å²) in [6.45, 7) is 2.13. The third kappa shape index (κ3) is 2.22. The first-order valence-corrected chi connectivity index (χ1v) is 7.82. The van der Waals surface area contributed by atoms with Crippen LogP contribution in [-0.2, 0) is 0 Å². The Bertz CT molecular complexity index is 732. The zero-order chi connectivity index (χ0) is 13.4. The van der Waals surface area contributed by atoms with Crippen LogP contribution in [0.5, 0.6) is 0 Å². The van der Waals surface area contributed by atoms with Gasteiger partial charge in [-0.05, 0) is 56.2 Å². The van der Waals surface area contributed by atoms with Gasteiger partial charge in [-0.2, -0.15) is 0 Å². The van der Waals surface area contributed by atoms with E-state index in [0.717, 1.165) is 4.47 Å². The second-order valence-corrected chi connectivity index (χ2v) is 6.43. The van der Waals surface area contributed by atoms with Crippen molar-refractivity contribution in [3.05, 3.63) is 68.3 Å². The number of thiophene rings is 1. The smallest absolute Gasteiger partial charge is 0.0666 e. The molecule has 0 aliphatic rings. The van der Waals surface area contributed by atoms with Crippen LogP contribution in [0.15, 0.2) is 52.3 Å². The van der Waals surface area contributed by atoms with Gasteiger partial charge in [-0.15, -0.1) is 11.3 Å². The average molecular weight is 332 g/mol. The van der Waals surface area contributed by atoms with Gasteiger partial charge in [0.15, 0.2) is 0 Å². The van der Waals surface area contributed by atoms with Crippen LogP contribution >= 0.6 is 27.3 Å². The molecule has 0 spiro atoms. The van der Waals surface area contributed by atoms with Gasteiger partial charge in [0.2, 0.25) is 0 Å². The second-order valence-electron chi connectivity index (χ2n) is 4.63. The summed E-state index contributed by atoms with van der Waals surface area (Å²) < 4.78 is 1.09. The lowest BCUT2D eigenvalue weighted by Gasteiger charge is -2.17. The molecule has 0 saturated carbocycles. The Morgan fingerprint density at radius 1 is 1.11 bits per heavy atom. The van der Waals surface area contributed by atoms with E-state index in [0.29, 0.717) is 0 Å². The molecule has 1 unspecified atom stereocenters. The molecule has 0 amide bonds. The third-order valence-corrected chi connectivity index (χ3v) is 5.38. The molecular weight excluding hydrogens is 318 g/mol. The summed E-state index contributed by atoms with van der Waals surface area (Å²) in [6.07, 6.45) is 0. The number of aryl methyl sites for hydroxylation is 1. The molecule has 0 aliphatic heterocycles.